The Hall–Kier alpha value is -4.64. The van der Waals surface area contributed by atoms with E-state index in [0.29, 0.717) is 0 Å². The van der Waals surface area contributed by atoms with E-state index in [1.165, 1.54) is 0 Å². The SMILES string of the molecule is O=C(O)C(O)C(O)C(=O)ON(CCN(OC(=O)C(O)C(O)C(=O)O)OC(=O)C(O)C(O)C(=O)O)OC(=O)C(O)C(O)C(=O)O. The van der Waals surface area contributed by atoms with Gasteiger partial charge in [0.1, 0.15) is 0 Å². The summed E-state index contributed by atoms with van der Waals surface area (Å²) in [5.41, 5.74) is 0. The summed E-state index contributed by atoms with van der Waals surface area (Å²) in [5.74, 6) is -17.5. The second kappa shape index (κ2) is 17.5. The van der Waals surface area contributed by atoms with Crippen LogP contribution in [0.3, 0.4) is 0 Å². The molecule has 0 aliphatic rings. The van der Waals surface area contributed by atoms with Gasteiger partial charge in [-0.25, -0.2) is 38.4 Å². The maximum Gasteiger partial charge on any atom is 0.360 e. The fourth-order valence-corrected chi connectivity index (χ4v) is 2.06. The number of nitrogens with zero attached hydrogens (tertiary/aromatic N) is 2. The summed E-state index contributed by atoms with van der Waals surface area (Å²) in [6, 6.07) is 0. The van der Waals surface area contributed by atoms with Crippen molar-refractivity contribution in [2.75, 3.05) is 13.1 Å². The molecule has 0 aliphatic carbocycles. The number of aliphatic hydroxyl groups is 8. The first-order valence-electron chi connectivity index (χ1n) is 10.9. The standard InChI is InChI=1S/C18H24N2O24/c21-3(11(29)30)7(25)15(37)41-19(42-16(38)8(26)4(22)12(31)32)1-2-20(43-17(39)9(27)5(23)13(33)34)44-18(40)10(28)6(24)14(35)36/h3-10,21-28H,1-2H2,(H,29,30)(H,31,32)(H,33,34)(H,35,36). The Kier molecular flexibility index (Phi) is 15.6. The number of rotatable bonds is 19. The van der Waals surface area contributed by atoms with Crippen LogP contribution < -0.4 is 0 Å². The molecule has 0 fully saturated rings. The highest BCUT2D eigenvalue weighted by Gasteiger charge is 2.39. The Labute approximate surface area is 240 Å². The number of carboxylic acid groups (broad SMARTS) is 4. The van der Waals surface area contributed by atoms with Crippen molar-refractivity contribution in [1.82, 2.24) is 10.5 Å². The molecule has 0 spiro atoms. The van der Waals surface area contributed by atoms with E-state index in [1.807, 2.05) is 0 Å². The van der Waals surface area contributed by atoms with Crippen molar-refractivity contribution in [2.24, 2.45) is 0 Å². The van der Waals surface area contributed by atoms with E-state index >= 15 is 0 Å². The number of carbonyl (C=O) groups is 8. The molecule has 0 aromatic rings. The average molecular weight is 652 g/mol. The lowest BCUT2D eigenvalue weighted by atomic mass is 10.2. The summed E-state index contributed by atoms with van der Waals surface area (Å²) in [7, 11) is 0. The van der Waals surface area contributed by atoms with Crippen LogP contribution in [0.5, 0.6) is 0 Å². The van der Waals surface area contributed by atoms with Gasteiger partial charge >= 0.3 is 47.8 Å². The molecule has 250 valence electrons. The Morgan fingerprint density at radius 2 is 0.523 bits per heavy atom. The molecule has 8 unspecified atom stereocenters. The van der Waals surface area contributed by atoms with Gasteiger partial charge in [-0.2, -0.15) is 0 Å². The summed E-state index contributed by atoms with van der Waals surface area (Å²) < 4.78 is 0. The van der Waals surface area contributed by atoms with E-state index in [2.05, 4.69) is 19.4 Å². The molecule has 0 saturated heterocycles. The molecule has 0 aliphatic heterocycles. The topological polar surface area (TPSA) is 423 Å². The second-order valence-electron chi connectivity index (χ2n) is 7.67. The minimum atomic E-state index is -2.96. The van der Waals surface area contributed by atoms with Crippen molar-refractivity contribution in [3.63, 3.8) is 0 Å². The number of aliphatic hydroxyl groups excluding tert-OH is 8. The van der Waals surface area contributed by atoms with Gasteiger partial charge in [-0.3, -0.25) is 0 Å². The van der Waals surface area contributed by atoms with Crippen LogP contribution in [-0.2, 0) is 57.7 Å². The summed E-state index contributed by atoms with van der Waals surface area (Å²) in [6.07, 6.45) is -23.4. The number of hydrogen-bond donors (Lipinski definition) is 12. The molecule has 0 saturated carbocycles. The Morgan fingerprint density at radius 1 is 0.364 bits per heavy atom. The highest BCUT2D eigenvalue weighted by molar-refractivity contribution is 5.86. The predicted molar refractivity (Wildman–Crippen MR) is 116 cm³/mol. The van der Waals surface area contributed by atoms with Crippen LogP contribution >= 0.6 is 0 Å². The van der Waals surface area contributed by atoms with Crippen LogP contribution in [0.4, 0.5) is 0 Å². The largest absolute Gasteiger partial charge is 0.479 e. The van der Waals surface area contributed by atoms with Gasteiger partial charge in [-0.1, -0.05) is 0 Å². The van der Waals surface area contributed by atoms with Gasteiger partial charge in [0, 0.05) is 10.5 Å². The minimum Gasteiger partial charge on any atom is -0.479 e. The number of carbonyl (C=O) groups excluding carboxylic acids is 4. The first-order valence-corrected chi connectivity index (χ1v) is 10.9. The lowest BCUT2D eigenvalue weighted by molar-refractivity contribution is -0.363. The smallest absolute Gasteiger partial charge is 0.360 e. The van der Waals surface area contributed by atoms with E-state index < -0.39 is 120 Å². The van der Waals surface area contributed by atoms with Gasteiger partial charge in [0.25, 0.3) is 0 Å². The quantitative estimate of drug-likeness (QED) is 0.0576. The molecule has 0 radical (unpaired) electrons. The zero-order chi connectivity index (χ0) is 34.6. The van der Waals surface area contributed by atoms with Crippen LogP contribution in [0.15, 0.2) is 0 Å². The third-order valence-electron chi connectivity index (χ3n) is 4.41. The molecule has 8 atom stereocenters. The third kappa shape index (κ3) is 11.9. The summed E-state index contributed by atoms with van der Waals surface area (Å²) in [4.78, 5) is 108. The van der Waals surface area contributed by atoms with Crippen molar-refractivity contribution >= 4 is 47.8 Å². The van der Waals surface area contributed by atoms with Crippen molar-refractivity contribution in [2.45, 2.75) is 48.8 Å². The normalized spacial score (nSPS) is 16.7. The highest BCUT2D eigenvalue weighted by atomic mass is 17.0. The molecule has 0 amide bonds. The predicted octanol–water partition coefficient (Wildman–Crippen LogP) is -9.35. The molecule has 0 bridgehead atoms. The van der Waals surface area contributed by atoms with Crippen molar-refractivity contribution in [3.8, 4) is 0 Å². The summed E-state index contributed by atoms with van der Waals surface area (Å²) in [5, 5.41) is 109. The van der Waals surface area contributed by atoms with Gasteiger partial charge in [0.05, 0.1) is 13.1 Å². The Morgan fingerprint density at radius 3 is 0.659 bits per heavy atom. The van der Waals surface area contributed by atoms with E-state index in [-0.39, 0.29) is 0 Å². The zero-order valence-corrected chi connectivity index (χ0v) is 21.2. The number of hydroxylamine groups is 4. The molecule has 26 heteroatoms. The van der Waals surface area contributed by atoms with Crippen LogP contribution in [0.25, 0.3) is 0 Å². The molecule has 0 aromatic carbocycles. The molecule has 0 rings (SSSR count). The Bertz CT molecular complexity index is 931. The van der Waals surface area contributed by atoms with Crippen LogP contribution in [-0.4, -0.2) is 181 Å². The number of aliphatic carboxylic acids is 4. The van der Waals surface area contributed by atoms with E-state index in [1.54, 1.807) is 0 Å². The lowest BCUT2D eigenvalue weighted by Crippen LogP contribution is -2.49. The summed E-state index contributed by atoms with van der Waals surface area (Å²) in [6.45, 7) is -2.89. The first-order chi connectivity index (χ1) is 20.1. The zero-order valence-electron chi connectivity index (χ0n) is 21.2. The molecular formula is C18H24N2O24. The van der Waals surface area contributed by atoms with E-state index in [9.17, 15) is 79.2 Å². The van der Waals surface area contributed by atoms with Crippen molar-refractivity contribution in [3.05, 3.63) is 0 Å². The lowest BCUT2D eigenvalue weighted by Gasteiger charge is -2.26. The molecular weight excluding hydrogens is 628 g/mol. The van der Waals surface area contributed by atoms with Crippen molar-refractivity contribution in [1.29, 1.82) is 0 Å². The van der Waals surface area contributed by atoms with E-state index in [4.69, 9.17) is 20.4 Å². The molecule has 26 nitrogen and oxygen atoms in total. The highest BCUT2D eigenvalue weighted by Crippen LogP contribution is 2.09. The average Bonchev–Trinajstić information content (AvgIpc) is 2.95. The number of carboxylic acids is 4. The molecule has 44 heavy (non-hydrogen) atoms. The maximum atomic E-state index is 12.0. The fourth-order valence-electron chi connectivity index (χ4n) is 2.06. The second-order valence-corrected chi connectivity index (χ2v) is 7.67. The minimum absolute atomic E-state index is 0.528. The van der Waals surface area contributed by atoms with Gasteiger partial charge in [0.2, 0.25) is 0 Å². The van der Waals surface area contributed by atoms with E-state index in [0.717, 1.165) is 0 Å². The fraction of sp³-hybridized carbons (Fsp3) is 0.556. The molecule has 0 aromatic heterocycles. The van der Waals surface area contributed by atoms with Crippen molar-refractivity contribution < 1.29 is 119 Å². The monoisotopic (exact) mass is 652 g/mol. The van der Waals surface area contributed by atoms with Crippen LogP contribution in [0.1, 0.15) is 0 Å². The van der Waals surface area contributed by atoms with Gasteiger partial charge < -0.3 is 80.6 Å². The Balaban J connectivity index is 6.21. The third-order valence-corrected chi connectivity index (χ3v) is 4.41. The summed E-state index contributed by atoms with van der Waals surface area (Å²) >= 11 is 0. The van der Waals surface area contributed by atoms with Crippen LogP contribution in [0.2, 0.25) is 0 Å². The maximum absolute atomic E-state index is 12.0. The molecule has 12 N–H and O–H groups in total. The van der Waals surface area contributed by atoms with Gasteiger partial charge in [0.15, 0.2) is 48.8 Å². The first kappa shape index (κ1) is 39.4. The molecule has 0 heterocycles. The van der Waals surface area contributed by atoms with Gasteiger partial charge in [-0.05, 0) is 0 Å². The van der Waals surface area contributed by atoms with Gasteiger partial charge in [-0.15, -0.1) is 0 Å². The van der Waals surface area contributed by atoms with Crippen LogP contribution in [0, 0.1) is 0 Å². The number of hydrogen-bond acceptors (Lipinski definition) is 22.